The molecule has 2 aromatic carbocycles. The van der Waals surface area contributed by atoms with Crippen LogP contribution in [0.1, 0.15) is 25.8 Å². The Bertz CT molecular complexity index is 566. The first-order valence-corrected chi connectivity index (χ1v) is 7.18. The lowest BCUT2D eigenvalue weighted by Gasteiger charge is -2.15. The minimum absolute atomic E-state index is 0.274. The highest BCUT2D eigenvalue weighted by molar-refractivity contribution is 5.87. The molecule has 1 unspecified atom stereocenters. The van der Waals surface area contributed by atoms with Gasteiger partial charge >= 0.3 is 0 Å². The molecule has 0 amide bonds. The second-order valence-electron chi connectivity index (χ2n) is 5.56. The predicted molar refractivity (Wildman–Crippen MR) is 82.8 cm³/mol. The van der Waals surface area contributed by atoms with Crippen molar-refractivity contribution in [2.24, 2.45) is 5.92 Å². The number of phenols is 1. The first-order valence-electron chi connectivity index (χ1n) is 7.18. The van der Waals surface area contributed by atoms with E-state index in [1.807, 2.05) is 44.2 Å². The van der Waals surface area contributed by atoms with Crippen molar-refractivity contribution in [1.29, 1.82) is 0 Å². The summed E-state index contributed by atoms with van der Waals surface area (Å²) in [5, 5.41) is 25.3. The molecule has 0 saturated carbocycles. The number of fused-ring (bicyclic) bond motifs is 1. The van der Waals surface area contributed by atoms with Gasteiger partial charge < -0.3 is 15.5 Å². The number of hydrogen-bond acceptors (Lipinski definition) is 3. The fourth-order valence-electron chi connectivity index (χ4n) is 2.31. The smallest absolute Gasteiger partial charge is 0.120 e. The molecular formula is C17H23NO2. The maximum absolute atomic E-state index is 10.0. The van der Waals surface area contributed by atoms with E-state index in [9.17, 15) is 10.2 Å². The van der Waals surface area contributed by atoms with Gasteiger partial charge in [0.05, 0.1) is 6.10 Å². The van der Waals surface area contributed by atoms with Gasteiger partial charge in [-0.2, -0.15) is 0 Å². The molecule has 1 atom stereocenters. The van der Waals surface area contributed by atoms with E-state index in [0.717, 1.165) is 29.3 Å². The Labute approximate surface area is 120 Å². The van der Waals surface area contributed by atoms with Gasteiger partial charge in [0.15, 0.2) is 0 Å². The van der Waals surface area contributed by atoms with E-state index in [1.54, 1.807) is 6.07 Å². The van der Waals surface area contributed by atoms with Crippen LogP contribution in [0.3, 0.4) is 0 Å². The van der Waals surface area contributed by atoms with Gasteiger partial charge in [-0.1, -0.05) is 44.2 Å². The van der Waals surface area contributed by atoms with Crippen LogP contribution in [0.4, 0.5) is 0 Å². The van der Waals surface area contributed by atoms with Crippen LogP contribution < -0.4 is 5.32 Å². The second kappa shape index (κ2) is 6.73. The van der Waals surface area contributed by atoms with E-state index in [2.05, 4.69) is 5.32 Å². The van der Waals surface area contributed by atoms with Crippen molar-refractivity contribution in [1.82, 2.24) is 5.32 Å². The lowest BCUT2D eigenvalue weighted by Crippen LogP contribution is -2.23. The summed E-state index contributed by atoms with van der Waals surface area (Å²) in [6.07, 6.45) is 0.451. The minimum atomic E-state index is -0.274. The van der Waals surface area contributed by atoms with E-state index in [0.29, 0.717) is 12.3 Å². The second-order valence-corrected chi connectivity index (χ2v) is 5.56. The molecule has 3 N–H and O–H groups in total. The molecule has 0 aliphatic heterocycles. The molecule has 108 valence electrons. The summed E-state index contributed by atoms with van der Waals surface area (Å²) in [5.74, 6) is 0.600. The Morgan fingerprint density at radius 1 is 1.10 bits per heavy atom. The normalized spacial score (nSPS) is 13.0. The van der Waals surface area contributed by atoms with Gasteiger partial charge in [-0.25, -0.2) is 0 Å². The van der Waals surface area contributed by atoms with E-state index < -0.39 is 0 Å². The molecule has 3 heteroatoms. The number of aliphatic hydroxyl groups excluding tert-OH is 1. The Morgan fingerprint density at radius 2 is 1.85 bits per heavy atom. The molecule has 0 radical (unpaired) electrons. The van der Waals surface area contributed by atoms with Crippen LogP contribution in [0.2, 0.25) is 0 Å². The summed E-state index contributed by atoms with van der Waals surface area (Å²) < 4.78 is 0. The van der Waals surface area contributed by atoms with Crippen molar-refractivity contribution in [2.45, 2.75) is 32.9 Å². The summed E-state index contributed by atoms with van der Waals surface area (Å²) in [6.45, 7) is 5.38. The zero-order valence-electron chi connectivity index (χ0n) is 12.1. The van der Waals surface area contributed by atoms with E-state index >= 15 is 0 Å². The van der Waals surface area contributed by atoms with Crippen LogP contribution in [0.5, 0.6) is 5.75 Å². The molecule has 0 aliphatic carbocycles. The molecule has 0 spiro atoms. The average Bonchev–Trinajstić information content (AvgIpc) is 2.45. The molecule has 20 heavy (non-hydrogen) atoms. The Hall–Kier alpha value is -1.58. The highest BCUT2D eigenvalue weighted by Gasteiger charge is 2.09. The number of rotatable bonds is 6. The summed E-state index contributed by atoms with van der Waals surface area (Å²) in [4.78, 5) is 0. The van der Waals surface area contributed by atoms with Crippen LogP contribution >= 0.6 is 0 Å². The number of hydrogen-bond donors (Lipinski definition) is 3. The highest BCUT2D eigenvalue weighted by atomic mass is 16.3. The summed E-state index contributed by atoms with van der Waals surface area (Å²) >= 11 is 0. The van der Waals surface area contributed by atoms with Gasteiger partial charge in [-0.3, -0.25) is 0 Å². The van der Waals surface area contributed by atoms with Crippen LogP contribution in [-0.4, -0.2) is 22.9 Å². The Kier molecular flexibility index (Phi) is 4.99. The maximum atomic E-state index is 10.0. The molecule has 0 saturated heterocycles. The predicted octanol–water partition coefficient (Wildman–Crippen LogP) is 3.04. The zero-order chi connectivity index (χ0) is 14.5. The number of aromatic hydroxyl groups is 1. The largest absolute Gasteiger partial charge is 0.508 e. The van der Waals surface area contributed by atoms with Gasteiger partial charge in [-0.05, 0) is 35.7 Å². The van der Waals surface area contributed by atoms with Crippen LogP contribution in [-0.2, 0) is 6.54 Å². The Morgan fingerprint density at radius 3 is 2.60 bits per heavy atom. The molecule has 0 aliphatic rings. The first kappa shape index (κ1) is 14.8. The van der Waals surface area contributed by atoms with Crippen LogP contribution in [0.15, 0.2) is 36.4 Å². The molecule has 0 bridgehead atoms. The van der Waals surface area contributed by atoms with Gasteiger partial charge in [0.2, 0.25) is 0 Å². The third-order valence-corrected chi connectivity index (χ3v) is 3.70. The third kappa shape index (κ3) is 3.50. The van der Waals surface area contributed by atoms with E-state index in [-0.39, 0.29) is 12.0 Å². The molecule has 0 fully saturated rings. The van der Waals surface area contributed by atoms with Gasteiger partial charge in [0, 0.05) is 12.1 Å². The summed E-state index contributed by atoms with van der Waals surface area (Å²) in [7, 11) is 0. The zero-order valence-corrected chi connectivity index (χ0v) is 12.1. The SMILES string of the molecule is CC(C)C(O)CCNCc1c(O)ccc2ccccc12. The quantitative estimate of drug-likeness (QED) is 0.709. The lowest BCUT2D eigenvalue weighted by atomic mass is 10.0. The topological polar surface area (TPSA) is 52.5 Å². The van der Waals surface area contributed by atoms with Crippen LogP contribution in [0, 0.1) is 5.92 Å². The molecule has 2 aromatic rings. The number of phenolic OH excluding ortho intramolecular Hbond substituents is 1. The van der Waals surface area contributed by atoms with E-state index in [4.69, 9.17) is 0 Å². The number of benzene rings is 2. The molecule has 0 aromatic heterocycles. The van der Waals surface area contributed by atoms with Crippen LogP contribution in [0.25, 0.3) is 10.8 Å². The van der Waals surface area contributed by atoms with Gasteiger partial charge in [-0.15, -0.1) is 0 Å². The molecular weight excluding hydrogens is 250 g/mol. The van der Waals surface area contributed by atoms with Crippen molar-refractivity contribution < 1.29 is 10.2 Å². The average molecular weight is 273 g/mol. The first-order chi connectivity index (χ1) is 9.59. The van der Waals surface area contributed by atoms with Gasteiger partial charge in [0.25, 0.3) is 0 Å². The monoisotopic (exact) mass is 273 g/mol. The van der Waals surface area contributed by atoms with E-state index in [1.165, 1.54) is 0 Å². The number of nitrogens with one attached hydrogen (secondary N) is 1. The van der Waals surface area contributed by atoms with Gasteiger partial charge in [0.1, 0.15) is 5.75 Å². The van der Waals surface area contributed by atoms with Crippen molar-refractivity contribution in [3.8, 4) is 5.75 Å². The fourth-order valence-corrected chi connectivity index (χ4v) is 2.31. The molecule has 2 rings (SSSR count). The molecule has 0 heterocycles. The maximum Gasteiger partial charge on any atom is 0.120 e. The third-order valence-electron chi connectivity index (χ3n) is 3.70. The lowest BCUT2D eigenvalue weighted by molar-refractivity contribution is 0.116. The fraction of sp³-hybridized carbons (Fsp3) is 0.412. The molecule has 3 nitrogen and oxygen atoms in total. The Balaban J connectivity index is 2.01. The van der Waals surface area contributed by atoms with Crippen molar-refractivity contribution in [3.05, 3.63) is 42.0 Å². The number of aliphatic hydroxyl groups is 1. The standard InChI is InChI=1S/C17H23NO2/c1-12(2)16(19)9-10-18-11-15-14-6-4-3-5-13(14)7-8-17(15)20/h3-8,12,16,18-20H,9-11H2,1-2H3. The minimum Gasteiger partial charge on any atom is -0.508 e. The summed E-state index contributed by atoms with van der Waals surface area (Å²) in [6, 6.07) is 11.7. The highest BCUT2D eigenvalue weighted by Crippen LogP contribution is 2.26. The van der Waals surface area contributed by atoms with Crippen molar-refractivity contribution >= 4 is 10.8 Å². The van der Waals surface area contributed by atoms with Crippen molar-refractivity contribution in [3.63, 3.8) is 0 Å². The summed E-state index contributed by atoms with van der Waals surface area (Å²) in [5.41, 5.74) is 0.919. The van der Waals surface area contributed by atoms with Crippen molar-refractivity contribution in [2.75, 3.05) is 6.54 Å².